The number of nitrogens with one attached hydrogen (secondary N) is 2. The molecule has 0 aliphatic carbocycles. The molecule has 0 radical (unpaired) electrons. The Bertz CT molecular complexity index is 1030. The molecule has 0 aliphatic heterocycles. The fourth-order valence-corrected chi connectivity index (χ4v) is 2.90. The molecule has 31 heavy (non-hydrogen) atoms. The Labute approximate surface area is 182 Å². The van der Waals surface area contributed by atoms with Gasteiger partial charge in [0.15, 0.2) is 6.61 Å². The van der Waals surface area contributed by atoms with E-state index in [0.29, 0.717) is 28.7 Å². The molecule has 3 aromatic rings. The van der Waals surface area contributed by atoms with Crippen molar-refractivity contribution in [3.8, 4) is 11.5 Å². The van der Waals surface area contributed by atoms with Gasteiger partial charge in [0.2, 0.25) is 0 Å². The van der Waals surface area contributed by atoms with Gasteiger partial charge in [0.1, 0.15) is 11.5 Å². The predicted molar refractivity (Wildman–Crippen MR) is 122 cm³/mol. The first-order valence-electron chi connectivity index (χ1n) is 10.0. The van der Waals surface area contributed by atoms with Crippen LogP contribution in [0.25, 0.3) is 0 Å². The van der Waals surface area contributed by atoms with Crippen molar-refractivity contribution in [1.29, 1.82) is 0 Å². The van der Waals surface area contributed by atoms with Crippen LogP contribution in [0.2, 0.25) is 0 Å². The molecule has 0 atom stereocenters. The van der Waals surface area contributed by atoms with E-state index in [1.165, 1.54) is 5.56 Å². The lowest BCUT2D eigenvalue weighted by Crippen LogP contribution is -2.20. The molecule has 0 saturated heterocycles. The molecule has 6 nitrogen and oxygen atoms in total. The second-order valence-electron chi connectivity index (χ2n) is 7.32. The number of ether oxygens (including phenoxy) is 2. The summed E-state index contributed by atoms with van der Waals surface area (Å²) in [6.07, 6.45) is 0. The summed E-state index contributed by atoms with van der Waals surface area (Å²) in [5.41, 5.74) is 3.08. The van der Waals surface area contributed by atoms with Gasteiger partial charge in [-0.25, -0.2) is 0 Å². The lowest BCUT2D eigenvalue weighted by molar-refractivity contribution is -0.118. The van der Waals surface area contributed by atoms with Gasteiger partial charge in [0.25, 0.3) is 11.8 Å². The van der Waals surface area contributed by atoms with Crippen LogP contribution in [0.4, 0.5) is 11.4 Å². The number of benzene rings is 3. The number of methoxy groups -OCH3 is 1. The topological polar surface area (TPSA) is 76.7 Å². The predicted octanol–water partition coefficient (Wildman–Crippen LogP) is 5.09. The Kier molecular flexibility index (Phi) is 7.27. The lowest BCUT2D eigenvalue weighted by Gasteiger charge is -2.10. The second-order valence-corrected chi connectivity index (χ2v) is 7.32. The van der Waals surface area contributed by atoms with Crippen molar-refractivity contribution in [3.63, 3.8) is 0 Å². The van der Waals surface area contributed by atoms with Gasteiger partial charge in [-0.3, -0.25) is 9.59 Å². The van der Waals surface area contributed by atoms with Crippen LogP contribution in [0.3, 0.4) is 0 Å². The molecule has 0 aliphatic rings. The normalized spacial score (nSPS) is 10.5. The third-order valence-corrected chi connectivity index (χ3v) is 4.68. The Morgan fingerprint density at radius 3 is 2.19 bits per heavy atom. The number of carbonyl (C=O) groups excluding carboxylic acids is 2. The zero-order valence-corrected chi connectivity index (χ0v) is 17.8. The third kappa shape index (κ3) is 6.34. The minimum Gasteiger partial charge on any atom is -0.497 e. The molecule has 0 saturated carbocycles. The number of anilines is 2. The minimum atomic E-state index is -0.292. The van der Waals surface area contributed by atoms with Gasteiger partial charge >= 0.3 is 0 Å². The maximum atomic E-state index is 12.4. The van der Waals surface area contributed by atoms with E-state index < -0.39 is 0 Å². The molecule has 0 fully saturated rings. The quantitative estimate of drug-likeness (QED) is 0.534. The molecule has 0 unspecified atom stereocenters. The second kappa shape index (κ2) is 10.3. The van der Waals surface area contributed by atoms with Crippen molar-refractivity contribution in [2.45, 2.75) is 19.8 Å². The summed E-state index contributed by atoms with van der Waals surface area (Å²) in [5, 5.41) is 5.62. The molecule has 2 amide bonds. The van der Waals surface area contributed by atoms with Gasteiger partial charge in [-0.1, -0.05) is 32.0 Å². The van der Waals surface area contributed by atoms with Crippen LogP contribution >= 0.6 is 0 Å². The summed E-state index contributed by atoms with van der Waals surface area (Å²) < 4.78 is 10.6. The van der Waals surface area contributed by atoms with Gasteiger partial charge in [0.05, 0.1) is 7.11 Å². The molecular weight excluding hydrogens is 392 g/mol. The number of hydrogen-bond acceptors (Lipinski definition) is 4. The fourth-order valence-electron chi connectivity index (χ4n) is 2.90. The zero-order chi connectivity index (χ0) is 22.2. The summed E-state index contributed by atoms with van der Waals surface area (Å²) in [7, 11) is 1.57. The minimum absolute atomic E-state index is 0.148. The van der Waals surface area contributed by atoms with Crippen LogP contribution < -0.4 is 20.1 Å². The van der Waals surface area contributed by atoms with Crippen LogP contribution in [-0.2, 0) is 4.79 Å². The van der Waals surface area contributed by atoms with E-state index in [1.807, 2.05) is 24.3 Å². The first-order chi connectivity index (χ1) is 14.9. The molecular formula is C25H26N2O4. The van der Waals surface area contributed by atoms with Gasteiger partial charge < -0.3 is 20.1 Å². The van der Waals surface area contributed by atoms with E-state index >= 15 is 0 Å². The highest BCUT2D eigenvalue weighted by atomic mass is 16.5. The van der Waals surface area contributed by atoms with Gasteiger partial charge in [-0.15, -0.1) is 0 Å². The summed E-state index contributed by atoms with van der Waals surface area (Å²) in [4.78, 5) is 24.5. The summed E-state index contributed by atoms with van der Waals surface area (Å²) in [6, 6.07) is 21.5. The van der Waals surface area contributed by atoms with Gasteiger partial charge in [-0.05, 0) is 60.0 Å². The third-order valence-electron chi connectivity index (χ3n) is 4.68. The Morgan fingerprint density at radius 2 is 1.55 bits per heavy atom. The van der Waals surface area contributed by atoms with Gasteiger partial charge in [-0.2, -0.15) is 0 Å². The highest BCUT2D eigenvalue weighted by Crippen LogP contribution is 2.19. The molecule has 2 N–H and O–H groups in total. The van der Waals surface area contributed by atoms with E-state index in [1.54, 1.807) is 55.6 Å². The van der Waals surface area contributed by atoms with Crippen molar-refractivity contribution < 1.29 is 19.1 Å². The largest absolute Gasteiger partial charge is 0.497 e. The monoisotopic (exact) mass is 418 g/mol. The van der Waals surface area contributed by atoms with E-state index in [9.17, 15) is 9.59 Å². The molecule has 160 valence electrons. The average molecular weight is 418 g/mol. The van der Waals surface area contributed by atoms with E-state index in [-0.39, 0.29) is 18.4 Å². The number of carbonyl (C=O) groups is 2. The highest BCUT2D eigenvalue weighted by Gasteiger charge is 2.09. The maximum absolute atomic E-state index is 12.4. The Hall–Kier alpha value is -3.80. The van der Waals surface area contributed by atoms with Gasteiger partial charge in [0, 0.05) is 23.0 Å². The van der Waals surface area contributed by atoms with Crippen molar-refractivity contribution in [2.75, 3.05) is 24.4 Å². The maximum Gasteiger partial charge on any atom is 0.262 e. The summed E-state index contributed by atoms with van der Waals surface area (Å²) in [6.45, 7) is 4.10. The van der Waals surface area contributed by atoms with Crippen LogP contribution in [-0.4, -0.2) is 25.5 Å². The average Bonchev–Trinajstić information content (AvgIpc) is 2.78. The van der Waals surface area contributed by atoms with Crippen LogP contribution in [0.15, 0.2) is 72.8 Å². The van der Waals surface area contributed by atoms with Crippen LogP contribution in [0, 0.1) is 0 Å². The SMILES string of the molecule is COc1cccc(NC(=O)COc2ccc(C(=O)Nc3ccc(C(C)C)cc3)cc2)c1. The number of rotatable bonds is 8. The number of amides is 2. The molecule has 0 spiro atoms. The van der Waals surface area contributed by atoms with E-state index in [4.69, 9.17) is 9.47 Å². The first kappa shape index (κ1) is 21.9. The fraction of sp³-hybridized carbons (Fsp3) is 0.200. The molecule has 6 heteroatoms. The zero-order valence-electron chi connectivity index (χ0n) is 17.8. The van der Waals surface area contributed by atoms with Crippen molar-refractivity contribution in [3.05, 3.63) is 83.9 Å². The Morgan fingerprint density at radius 1 is 0.839 bits per heavy atom. The summed E-state index contributed by atoms with van der Waals surface area (Å²) in [5.74, 6) is 1.09. The highest BCUT2D eigenvalue weighted by molar-refractivity contribution is 6.04. The molecule has 0 heterocycles. The summed E-state index contributed by atoms with van der Waals surface area (Å²) >= 11 is 0. The van der Waals surface area contributed by atoms with Crippen LogP contribution in [0.5, 0.6) is 11.5 Å². The first-order valence-corrected chi connectivity index (χ1v) is 10.0. The van der Waals surface area contributed by atoms with Crippen molar-refractivity contribution in [2.24, 2.45) is 0 Å². The standard InChI is InChI=1S/C25H26N2O4/c1-17(2)18-7-11-20(12-8-18)27-25(29)19-9-13-22(14-10-19)31-16-24(28)26-21-5-4-6-23(15-21)30-3/h4-15,17H,16H2,1-3H3,(H,26,28)(H,27,29). The smallest absolute Gasteiger partial charge is 0.262 e. The molecule has 3 aromatic carbocycles. The van der Waals surface area contributed by atoms with Crippen molar-refractivity contribution in [1.82, 2.24) is 0 Å². The van der Waals surface area contributed by atoms with E-state index in [0.717, 1.165) is 5.69 Å². The molecule has 3 rings (SSSR count). The van der Waals surface area contributed by atoms with Crippen molar-refractivity contribution >= 4 is 23.2 Å². The molecule has 0 bridgehead atoms. The Balaban J connectivity index is 1.51. The van der Waals surface area contributed by atoms with E-state index in [2.05, 4.69) is 24.5 Å². The van der Waals surface area contributed by atoms with Crippen LogP contribution in [0.1, 0.15) is 35.7 Å². The number of hydrogen-bond donors (Lipinski definition) is 2. The lowest BCUT2D eigenvalue weighted by atomic mass is 10.0. The molecule has 0 aromatic heterocycles.